The molecule has 1 heterocycles. The molecule has 116 valence electrons. The fourth-order valence-corrected chi connectivity index (χ4v) is 3.65. The lowest BCUT2D eigenvalue weighted by Crippen LogP contribution is -2.36. The van der Waals surface area contributed by atoms with E-state index < -0.39 is 0 Å². The fraction of sp³-hybridized carbons (Fsp3) is 0.667. The molecule has 1 fully saturated rings. The third kappa shape index (κ3) is 3.58. The average molecular weight is 289 g/mol. The predicted octanol–water partition coefficient (Wildman–Crippen LogP) is 2.65. The summed E-state index contributed by atoms with van der Waals surface area (Å²) in [5, 5.41) is 9.22. The highest BCUT2D eigenvalue weighted by molar-refractivity contribution is 5.39. The molecule has 0 amide bonds. The molecule has 0 bridgehead atoms. The lowest BCUT2D eigenvalue weighted by molar-refractivity contribution is 0.128. The van der Waals surface area contributed by atoms with Crippen molar-refractivity contribution in [2.75, 3.05) is 26.8 Å². The molecule has 1 N–H and O–H groups in total. The van der Waals surface area contributed by atoms with Gasteiger partial charge in [0.1, 0.15) is 5.75 Å². The standard InChI is InChI=1S/C18H27NO2/c1-19(17-5-2-15(13-20)3-6-17)10-8-14-4-7-18-16(12-14)9-11-21-18/h4,7,12,15,17,20H,2-3,5-6,8-11,13H2,1H3. The molecule has 1 aliphatic heterocycles. The van der Waals surface area contributed by atoms with Crippen LogP contribution < -0.4 is 4.74 Å². The second-order valence-electron chi connectivity index (χ2n) is 6.63. The molecule has 1 saturated carbocycles. The van der Waals surface area contributed by atoms with E-state index in [1.54, 1.807) is 0 Å². The van der Waals surface area contributed by atoms with Crippen molar-refractivity contribution in [3.05, 3.63) is 29.3 Å². The Morgan fingerprint density at radius 2 is 2.05 bits per heavy atom. The van der Waals surface area contributed by atoms with Crippen LogP contribution in [0.3, 0.4) is 0 Å². The molecule has 0 spiro atoms. The van der Waals surface area contributed by atoms with E-state index in [0.29, 0.717) is 18.6 Å². The van der Waals surface area contributed by atoms with E-state index in [4.69, 9.17) is 4.74 Å². The van der Waals surface area contributed by atoms with Crippen LogP contribution in [0.2, 0.25) is 0 Å². The third-order valence-electron chi connectivity index (χ3n) is 5.20. The van der Waals surface area contributed by atoms with Crippen molar-refractivity contribution in [1.82, 2.24) is 4.90 Å². The molecule has 3 rings (SSSR count). The Bertz CT molecular complexity index is 466. The molecule has 21 heavy (non-hydrogen) atoms. The SMILES string of the molecule is CN(CCc1ccc2c(c1)CCO2)C1CCC(CO)CC1. The number of hydrogen-bond acceptors (Lipinski definition) is 3. The van der Waals surface area contributed by atoms with Crippen LogP contribution >= 0.6 is 0 Å². The minimum absolute atomic E-state index is 0.369. The zero-order valence-electron chi connectivity index (χ0n) is 13.1. The number of likely N-dealkylation sites (N-methyl/N-ethyl adjacent to an activating group) is 1. The molecular formula is C18H27NO2. The summed E-state index contributed by atoms with van der Waals surface area (Å²) >= 11 is 0. The van der Waals surface area contributed by atoms with E-state index in [1.165, 1.54) is 36.8 Å². The molecule has 1 aliphatic carbocycles. The van der Waals surface area contributed by atoms with Gasteiger partial charge in [0.2, 0.25) is 0 Å². The summed E-state index contributed by atoms with van der Waals surface area (Å²) < 4.78 is 5.56. The normalized spacial score (nSPS) is 24.9. The highest BCUT2D eigenvalue weighted by Crippen LogP contribution is 2.28. The Labute approximate surface area is 127 Å². The lowest BCUT2D eigenvalue weighted by Gasteiger charge is -2.34. The zero-order chi connectivity index (χ0) is 14.7. The van der Waals surface area contributed by atoms with Gasteiger partial charge in [-0.2, -0.15) is 0 Å². The van der Waals surface area contributed by atoms with Crippen LogP contribution in [0.5, 0.6) is 5.75 Å². The monoisotopic (exact) mass is 289 g/mol. The van der Waals surface area contributed by atoms with Crippen molar-refractivity contribution in [3.63, 3.8) is 0 Å². The van der Waals surface area contributed by atoms with Crippen LogP contribution in [0.1, 0.15) is 36.8 Å². The molecule has 0 saturated heterocycles. The van der Waals surface area contributed by atoms with Gasteiger partial charge in [-0.15, -0.1) is 0 Å². The van der Waals surface area contributed by atoms with Crippen LogP contribution in [0.15, 0.2) is 18.2 Å². The first kappa shape index (κ1) is 14.9. The molecule has 0 unspecified atom stereocenters. The van der Waals surface area contributed by atoms with Gasteiger partial charge in [-0.3, -0.25) is 0 Å². The largest absolute Gasteiger partial charge is 0.493 e. The summed E-state index contributed by atoms with van der Waals surface area (Å²) in [6.45, 7) is 2.33. The zero-order valence-corrected chi connectivity index (χ0v) is 13.1. The van der Waals surface area contributed by atoms with Gasteiger partial charge >= 0.3 is 0 Å². The third-order valence-corrected chi connectivity index (χ3v) is 5.20. The van der Waals surface area contributed by atoms with E-state index in [1.807, 2.05) is 0 Å². The molecule has 0 aromatic heterocycles. The maximum absolute atomic E-state index is 9.22. The first-order valence-corrected chi connectivity index (χ1v) is 8.32. The van der Waals surface area contributed by atoms with Crippen LogP contribution in [-0.2, 0) is 12.8 Å². The number of aliphatic hydroxyl groups is 1. The second kappa shape index (κ2) is 6.80. The van der Waals surface area contributed by atoms with Crippen LogP contribution in [0, 0.1) is 5.92 Å². The summed E-state index contributed by atoms with van der Waals surface area (Å²) in [7, 11) is 2.25. The first-order chi connectivity index (χ1) is 10.3. The Morgan fingerprint density at radius 3 is 2.81 bits per heavy atom. The lowest BCUT2D eigenvalue weighted by atomic mass is 9.86. The van der Waals surface area contributed by atoms with Crippen molar-refractivity contribution in [1.29, 1.82) is 0 Å². The number of benzene rings is 1. The number of rotatable bonds is 5. The molecule has 2 aliphatic rings. The summed E-state index contributed by atoms with van der Waals surface area (Å²) in [6, 6.07) is 7.36. The van der Waals surface area contributed by atoms with E-state index in [0.717, 1.165) is 31.7 Å². The van der Waals surface area contributed by atoms with Gasteiger partial charge < -0.3 is 14.7 Å². The maximum atomic E-state index is 9.22. The van der Waals surface area contributed by atoms with Gasteiger partial charge in [-0.05, 0) is 62.3 Å². The Kier molecular flexibility index (Phi) is 4.81. The summed E-state index contributed by atoms with van der Waals surface area (Å²) in [5.41, 5.74) is 2.80. The predicted molar refractivity (Wildman–Crippen MR) is 84.8 cm³/mol. The first-order valence-electron chi connectivity index (χ1n) is 8.32. The van der Waals surface area contributed by atoms with E-state index in [9.17, 15) is 5.11 Å². The van der Waals surface area contributed by atoms with E-state index in [2.05, 4.69) is 30.1 Å². The molecule has 0 atom stereocenters. The second-order valence-corrected chi connectivity index (χ2v) is 6.63. The average Bonchev–Trinajstić information content (AvgIpc) is 3.00. The van der Waals surface area contributed by atoms with Crippen LogP contribution in [0.4, 0.5) is 0 Å². The van der Waals surface area contributed by atoms with Gasteiger partial charge in [0.15, 0.2) is 0 Å². The van der Waals surface area contributed by atoms with Gasteiger partial charge in [0, 0.05) is 25.6 Å². The molecule has 1 aromatic carbocycles. The number of nitrogens with zero attached hydrogens (tertiary/aromatic N) is 1. The van der Waals surface area contributed by atoms with Gasteiger partial charge in [-0.1, -0.05) is 12.1 Å². The maximum Gasteiger partial charge on any atom is 0.122 e. The Morgan fingerprint density at radius 1 is 1.24 bits per heavy atom. The van der Waals surface area contributed by atoms with E-state index >= 15 is 0 Å². The van der Waals surface area contributed by atoms with Crippen LogP contribution in [-0.4, -0.2) is 42.9 Å². The van der Waals surface area contributed by atoms with Crippen molar-refractivity contribution >= 4 is 0 Å². The summed E-state index contributed by atoms with van der Waals surface area (Å²) in [4.78, 5) is 2.51. The number of fused-ring (bicyclic) bond motifs is 1. The minimum Gasteiger partial charge on any atom is -0.493 e. The number of ether oxygens (including phenoxy) is 1. The topological polar surface area (TPSA) is 32.7 Å². The van der Waals surface area contributed by atoms with Gasteiger partial charge in [-0.25, -0.2) is 0 Å². The van der Waals surface area contributed by atoms with Crippen LogP contribution in [0.25, 0.3) is 0 Å². The molecule has 1 aromatic rings. The molecular weight excluding hydrogens is 262 g/mol. The Balaban J connectivity index is 1.48. The summed E-state index contributed by atoms with van der Waals surface area (Å²) in [5.74, 6) is 1.63. The van der Waals surface area contributed by atoms with Crippen molar-refractivity contribution in [3.8, 4) is 5.75 Å². The number of hydrogen-bond donors (Lipinski definition) is 1. The fourth-order valence-electron chi connectivity index (χ4n) is 3.65. The summed E-state index contributed by atoms with van der Waals surface area (Å²) in [6.07, 6.45) is 7.01. The molecule has 3 heteroatoms. The van der Waals surface area contributed by atoms with E-state index in [-0.39, 0.29) is 0 Å². The highest BCUT2D eigenvalue weighted by Gasteiger charge is 2.23. The Hall–Kier alpha value is -1.06. The van der Waals surface area contributed by atoms with Crippen molar-refractivity contribution in [2.45, 2.75) is 44.6 Å². The number of aliphatic hydroxyl groups excluding tert-OH is 1. The molecule has 0 radical (unpaired) electrons. The van der Waals surface area contributed by atoms with Gasteiger partial charge in [0.05, 0.1) is 6.61 Å². The smallest absolute Gasteiger partial charge is 0.122 e. The minimum atomic E-state index is 0.369. The molecule has 3 nitrogen and oxygen atoms in total. The quantitative estimate of drug-likeness (QED) is 0.904. The van der Waals surface area contributed by atoms with Crippen molar-refractivity contribution in [2.24, 2.45) is 5.92 Å². The highest BCUT2D eigenvalue weighted by atomic mass is 16.5. The van der Waals surface area contributed by atoms with Crippen molar-refractivity contribution < 1.29 is 9.84 Å². The van der Waals surface area contributed by atoms with Gasteiger partial charge in [0.25, 0.3) is 0 Å².